The first kappa shape index (κ1) is 22.5. The fraction of sp³-hybridized carbons (Fsp3) is 0.389. The van der Waals surface area contributed by atoms with Crippen molar-refractivity contribution >= 4 is 29.7 Å². The number of nitrogens with one attached hydrogen (secondary N) is 2. The van der Waals surface area contributed by atoms with Gasteiger partial charge in [0, 0.05) is 49.7 Å². The zero-order chi connectivity index (χ0) is 19.3. The number of para-hydroxylation sites is 1. The lowest BCUT2D eigenvalue weighted by molar-refractivity contribution is -0.274. The fourth-order valence-corrected chi connectivity index (χ4v) is 3.78. The van der Waals surface area contributed by atoms with Crippen molar-refractivity contribution in [2.45, 2.75) is 19.5 Å². The molecule has 1 aromatic heterocycles. The number of rotatable bonds is 6. The van der Waals surface area contributed by atoms with Crippen molar-refractivity contribution in [3.05, 3.63) is 51.7 Å². The van der Waals surface area contributed by atoms with E-state index in [-0.39, 0.29) is 36.2 Å². The molecule has 2 N–H and O–H groups in total. The third-order valence-corrected chi connectivity index (χ3v) is 5.18. The maximum absolute atomic E-state index is 12.5. The highest BCUT2D eigenvalue weighted by Crippen LogP contribution is 2.26. The third kappa shape index (κ3) is 6.66. The molecule has 10 heteroatoms. The number of ether oxygens (including phenoxy) is 1. The number of hydrogen-bond donors (Lipinski definition) is 2. The van der Waals surface area contributed by atoms with Crippen LogP contribution in [0.5, 0.6) is 5.75 Å². The molecule has 2 heterocycles. The maximum atomic E-state index is 12.5. The summed E-state index contributed by atoms with van der Waals surface area (Å²) in [5, 5.41) is 5.95. The minimum atomic E-state index is -4.77. The van der Waals surface area contributed by atoms with Crippen LogP contribution in [0.1, 0.15) is 20.1 Å². The van der Waals surface area contributed by atoms with Gasteiger partial charge >= 0.3 is 6.36 Å². The van der Waals surface area contributed by atoms with E-state index >= 15 is 0 Å². The quantitative estimate of drug-likeness (QED) is 0.730. The molecule has 0 atom stereocenters. The molecule has 0 aliphatic carbocycles. The second-order valence-corrected chi connectivity index (χ2v) is 7.30. The van der Waals surface area contributed by atoms with E-state index in [0.29, 0.717) is 4.88 Å². The molecular formula is C18H21ClF3N3O2S. The molecule has 0 bridgehead atoms. The first-order valence-corrected chi connectivity index (χ1v) is 9.36. The number of amides is 1. The number of carbonyl (C=O) groups is 1. The molecule has 1 saturated heterocycles. The molecule has 3 rings (SSSR count). The molecule has 1 amide bonds. The minimum Gasteiger partial charge on any atom is -0.405 e. The van der Waals surface area contributed by atoms with E-state index in [1.54, 1.807) is 12.1 Å². The van der Waals surface area contributed by atoms with Crippen LogP contribution in [0.4, 0.5) is 13.2 Å². The van der Waals surface area contributed by atoms with Crippen LogP contribution in [0.2, 0.25) is 0 Å². The molecular weight excluding hydrogens is 415 g/mol. The Kier molecular flexibility index (Phi) is 8.11. The lowest BCUT2D eigenvalue weighted by atomic mass is 10.2. The van der Waals surface area contributed by atoms with Crippen LogP contribution >= 0.6 is 23.7 Å². The predicted octanol–water partition coefficient (Wildman–Crippen LogP) is 3.40. The zero-order valence-electron chi connectivity index (χ0n) is 14.9. The fourth-order valence-electron chi connectivity index (χ4n) is 2.81. The first-order valence-electron chi connectivity index (χ1n) is 8.54. The van der Waals surface area contributed by atoms with Crippen molar-refractivity contribution in [3.63, 3.8) is 0 Å². The Labute approximate surface area is 171 Å². The van der Waals surface area contributed by atoms with Crippen LogP contribution in [0.15, 0.2) is 36.4 Å². The zero-order valence-corrected chi connectivity index (χ0v) is 16.6. The van der Waals surface area contributed by atoms with Gasteiger partial charge in [-0.25, -0.2) is 0 Å². The highest BCUT2D eigenvalue weighted by molar-refractivity contribution is 7.14. The molecule has 1 aliphatic rings. The second kappa shape index (κ2) is 10.1. The van der Waals surface area contributed by atoms with Crippen molar-refractivity contribution in [1.29, 1.82) is 0 Å². The van der Waals surface area contributed by atoms with E-state index in [4.69, 9.17) is 0 Å². The van der Waals surface area contributed by atoms with E-state index in [0.717, 1.165) is 37.6 Å². The number of nitrogens with zero attached hydrogens (tertiary/aromatic N) is 1. The van der Waals surface area contributed by atoms with Crippen LogP contribution in [-0.4, -0.2) is 43.3 Å². The van der Waals surface area contributed by atoms with Gasteiger partial charge in [-0.3, -0.25) is 9.69 Å². The highest BCUT2D eigenvalue weighted by Gasteiger charge is 2.32. The van der Waals surface area contributed by atoms with Gasteiger partial charge in [-0.05, 0) is 18.2 Å². The average molecular weight is 436 g/mol. The molecule has 0 saturated carbocycles. The lowest BCUT2D eigenvalue weighted by Crippen LogP contribution is -2.42. The van der Waals surface area contributed by atoms with Gasteiger partial charge in [-0.15, -0.1) is 36.9 Å². The molecule has 0 unspecified atom stereocenters. The predicted molar refractivity (Wildman–Crippen MR) is 104 cm³/mol. The number of hydrogen-bond acceptors (Lipinski definition) is 5. The van der Waals surface area contributed by atoms with Crippen molar-refractivity contribution in [2.75, 3.05) is 26.2 Å². The summed E-state index contributed by atoms with van der Waals surface area (Å²) in [5.41, 5.74) is 0.265. The van der Waals surface area contributed by atoms with Gasteiger partial charge in [0.15, 0.2) is 0 Å². The van der Waals surface area contributed by atoms with Gasteiger partial charge < -0.3 is 15.4 Å². The number of thiophene rings is 1. The Hall–Kier alpha value is -1.81. The van der Waals surface area contributed by atoms with E-state index < -0.39 is 6.36 Å². The topological polar surface area (TPSA) is 53.6 Å². The smallest absolute Gasteiger partial charge is 0.405 e. The average Bonchev–Trinajstić information content (AvgIpc) is 3.09. The number of halogens is 4. The lowest BCUT2D eigenvalue weighted by Gasteiger charge is -2.26. The van der Waals surface area contributed by atoms with Crippen molar-refractivity contribution in [1.82, 2.24) is 15.5 Å². The molecule has 1 fully saturated rings. The Morgan fingerprint density at radius 1 is 1.18 bits per heavy atom. The largest absolute Gasteiger partial charge is 0.573 e. The summed E-state index contributed by atoms with van der Waals surface area (Å²) in [6, 6.07) is 9.44. The van der Waals surface area contributed by atoms with Crippen molar-refractivity contribution in [2.24, 2.45) is 0 Å². The summed E-state index contributed by atoms with van der Waals surface area (Å²) in [5.74, 6) is -0.621. The van der Waals surface area contributed by atoms with E-state index in [1.807, 2.05) is 6.07 Å². The van der Waals surface area contributed by atoms with Gasteiger partial charge in [0.2, 0.25) is 0 Å². The number of alkyl halides is 3. The monoisotopic (exact) mass is 435 g/mol. The Morgan fingerprint density at radius 2 is 1.89 bits per heavy atom. The molecule has 0 radical (unpaired) electrons. The Bertz CT molecular complexity index is 779. The Balaban J connectivity index is 0.00000280. The highest BCUT2D eigenvalue weighted by atomic mass is 35.5. The number of carbonyl (C=O) groups excluding carboxylic acids is 1. The van der Waals surface area contributed by atoms with Crippen LogP contribution in [0.3, 0.4) is 0 Å². The first-order chi connectivity index (χ1) is 12.9. The minimum absolute atomic E-state index is 0. The molecule has 1 aliphatic heterocycles. The van der Waals surface area contributed by atoms with E-state index in [2.05, 4.69) is 20.3 Å². The molecule has 2 aromatic rings. The van der Waals surface area contributed by atoms with Crippen LogP contribution < -0.4 is 15.4 Å². The SMILES string of the molecule is Cl.O=C(NCc1ccccc1OC(F)(F)F)c1ccc(CN2CCNCC2)s1. The summed E-state index contributed by atoms with van der Waals surface area (Å²) in [4.78, 5) is 16.3. The second-order valence-electron chi connectivity index (χ2n) is 6.13. The van der Waals surface area contributed by atoms with E-state index in [1.165, 1.54) is 29.5 Å². The molecule has 28 heavy (non-hydrogen) atoms. The summed E-state index contributed by atoms with van der Waals surface area (Å²) in [7, 11) is 0. The summed E-state index contributed by atoms with van der Waals surface area (Å²) >= 11 is 1.40. The normalized spacial score (nSPS) is 15.0. The molecule has 154 valence electrons. The molecule has 0 spiro atoms. The summed E-state index contributed by atoms with van der Waals surface area (Å²) in [6.45, 7) is 4.60. The van der Waals surface area contributed by atoms with Crippen molar-refractivity contribution in [3.8, 4) is 5.75 Å². The van der Waals surface area contributed by atoms with Gasteiger partial charge in [-0.1, -0.05) is 18.2 Å². The number of benzene rings is 1. The van der Waals surface area contributed by atoms with E-state index in [9.17, 15) is 18.0 Å². The third-order valence-electron chi connectivity index (χ3n) is 4.11. The molecule has 5 nitrogen and oxygen atoms in total. The van der Waals surface area contributed by atoms with Crippen molar-refractivity contribution < 1.29 is 22.7 Å². The van der Waals surface area contributed by atoms with Crippen LogP contribution in [0.25, 0.3) is 0 Å². The van der Waals surface area contributed by atoms with Gasteiger partial charge in [0.25, 0.3) is 5.91 Å². The standard InChI is InChI=1S/C18H20F3N3O2S.ClH/c19-18(20,21)26-15-4-2-1-3-13(15)11-23-17(25)16-6-5-14(27-16)12-24-9-7-22-8-10-24;/h1-6,22H,7-12H2,(H,23,25);1H. The Morgan fingerprint density at radius 3 is 2.61 bits per heavy atom. The number of piperazine rings is 1. The van der Waals surface area contributed by atoms with Crippen LogP contribution in [-0.2, 0) is 13.1 Å². The van der Waals surface area contributed by atoms with Crippen LogP contribution in [0, 0.1) is 0 Å². The van der Waals surface area contributed by atoms with Gasteiger partial charge in [-0.2, -0.15) is 0 Å². The summed E-state index contributed by atoms with van der Waals surface area (Å²) in [6.07, 6.45) is -4.77. The van der Waals surface area contributed by atoms with Gasteiger partial charge in [0.1, 0.15) is 5.75 Å². The summed E-state index contributed by atoms with van der Waals surface area (Å²) < 4.78 is 41.4. The molecule has 1 aromatic carbocycles. The maximum Gasteiger partial charge on any atom is 0.573 e. The van der Waals surface area contributed by atoms with Gasteiger partial charge in [0.05, 0.1) is 4.88 Å².